The number of rotatable bonds is 4. The molecule has 0 saturated heterocycles. The average Bonchev–Trinajstić information content (AvgIpc) is 2.68. The SMILES string of the molecule is Cc1noc(C)c1COc1ccc(Br)cc1[C@@H](C)O. The molecule has 0 amide bonds. The number of benzene rings is 1. The van der Waals surface area contributed by atoms with Crippen molar-refractivity contribution in [2.75, 3.05) is 0 Å². The molecular formula is C14H16BrNO3. The summed E-state index contributed by atoms with van der Waals surface area (Å²) < 4.78 is 11.8. The molecule has 1 N–H and O–H groups in total. The molecule has 4 nitrogen and oxygen atoms in total. The molecule has 2 aromatic rings. The Kier molecular flexibility index (Phi) is 4.27. The van der Waals surface area contributed by atoms with Gasteiger partial charge in [0.2, 0.25) is 0 Å². The lowest BCUT2D eigenvalue weighted by Gasteiger charge is -2.13. The fourth-order valence-corrected chi connectivity index (χ4v) is 2.21. The van der Waals surface area contributed by atoms with E-state index in [9.17, 15) is 5.11 Å². The second-order valence-corrected chi connectivity index (χ2v) is 5.37. The number of aliphatic hydroxyl groups excluding tert-OH is 1. The summed E-state index contributed by atoms with van der Waals surface area (Å²) in [6.45, 7) is 5.83. The number of ether oxygens (including phenoxy) is 1. The predicted octanol–water partition coefficient (Wildman–Crippen LogP) is 3.69. The molecule has 1 heterocycles. The smallest absolute Gasteiger partial charge is 0.140 e. The van der Waals surface area contributed by atoms with Crippen LogP contribution in [0.3, 0.4) is 0 Å². The zero-order valence-corrected chi connectivity index (χ0v) is 12.7. The summed E-state index contributed by atoms with van der Waals surface area (Å²) in [6.07, 6.45) is -0.586. The van der Waals surface area contributed by atoms with E-state index in [1.165, 1.54) is 0 Å². The van der Waals surface area contributed by atoms with Gasteiger partial charge in [0.05, 0.1) is 17.4 Å². The van der Waals surface area contributed by atoms with Crippen LogP contribution < -0.4 is 4.74 Å². The predicted molar refractivity (Wildman–Crippen MR) is 75.1 cm³/mol. The number of nitrogens with zero attached hydrogens (tertiary/aromatic N) is 1. The third kappa shape index (κ3) is 3.16. The standard InChI is InChI=1S/C14H16BrNO3/c1-8-13(10(3)19-16-8)7-18-14-5-4-11(15)6-12(14)9(2)17/h4-6,9,17H,7H2,1-3H3/t9-/m1/s1. The topological polar surface area (TPSA) is 55.5 Å². The molecule has 0 aliphatic heterocycles. The quantitative estimate of drug-likeness (QED) is 0.931. The van der Waals surface area contributed by atoms with E-state index in [1.54, 1.807) is 6.92 Å². The van der Waals surface area contributed by atoms with Crippen molar-refractivity contribution in [3.63, 3.8) is 0 Å². The Morgan fingerprint density at radius 3 is 2.74 bits per heavy atom. The highest BCUT2D eigenvalue weighted by molar-refractivity contribution is 9.10. The van der Waals surface area contributed by atoms with Crippen LogP contribution in [0.1, 0.15) is 35.6 Å². The van der Waals surface area contributed by atoms with Gasteiger partial charge < -0.3 is 14.4 Å². The van der Waals surface area contributed by atoms with Crippen LogP contribution in [0, 0.1) is 13.8 Å². The first-order valence-corrected chi connectivity index (χ1v) is 6.80. The largest absolute Gasteiger partial charge is 0.488 e. The molecule has 0 aliphatic rings. The van der Waals surface area contributed by atoms with Crippen LogP contribution >= 0.6 is 15.9 Å². The summed E-state index contributed by atoms with van der Waals surface area (Å²) in [5, 5.41) is 13.7. The summed E-state index contributed by atoms with van der Waals surface area (Å²) in [7, 11) is 0. The van der Waals surface area contributed by atoms with Gasteiger partial charge in [0.1, 0.15) is 18.1 Å². The number of aryl methyl sites for hydroxylation is 2. The summed E-state index contributed by atoms with van der Waals surface area (Å²) in [5.74, 6) is 1.42. The molecular weight excluding hydrogens is 310 g/mol. The fourth-order valence-electron chi connectivity index (χ4n) is 1.84. The molecule has 2 rings (SSSR count). The van der Waals surface area contributed by atoms with Crippen molar-refractivity contribution in [1.29, 1.82) is 0 Å². The van der Waals surface area contributed by atoms with Gasteiger partial charge in [0.25, 0.3) is 0 Å². The van der Waals surface area contributed by atoms with Crippen LogP contribution in [-0.4, -0.2) is 10.3 Å². The molecule has 0 bridgehead atoms. The van der Waals surface area contributed by atoms with E-state index in [1.807, 2.05) is 32.0 Å². The van der Waals surface area contributed by atoms with Gasteiger partial charge in [-0.15, -0.1) is 0 Å². The molecule has 0 spiro atoms. The molecule has 1 aromatic carbocycles. The van der Waals surface area contributed by atoms with E-state index < -0.39 is 6.10 Å². The maximum absolute atomic E-state index is 9.76. The Morgan fingerprint density at radius 1 is 1.42 bits per heavy atom. The number of aromatic nitrogens is 1. The molecule has 5 heteroatoms. The first-order valence-electron chi connectivity index (χ1n) is 6.01. The molecule has 0 saturated carbocycles. The van der Waals surface area contributed by atoms with Gasteiger partial charge in [-0.3, -0.25) is 0 Å². The Bertz CT molecular complexity index is 559. The zero-order chi connectivity index (χ0) is 14.0. The average molecular weight is 326 g/mol. The fraction of sp³-hybridized carbons (Fsp3) is 0.357. The minimum absolute atomic E-state index is 0.377. The second-order valence-electron chi connectivity index (χ2n) is 4.45. The second kappa shape index (κ2) is 5.75. The van der Waals surface area contributed by atoms with Crippen molar-refractivity contribution in [2.45, 2.75) is 33.5 Å². The maximum atomic E-state index is 9.76. The van der Waals surface area contributed by atoms with Gasteiger partial charge in [0.15, 0.2) is 0 Å². The number of halogens is 1. The zero-order valence-electron chi connectivity index (χ0n) is 11.1. The highest BCUT2D eigenvalue weighted by atomic mass is 79.9. The Balaban J connectivity index is 2.20. The highest BCUT2D eigenvalue weighted by Gasteiger charge is 2.13. The van der Waals surface area contributed by atoms with Crippen molar-refractivity contribution in [1.82, 2.24) is 5.16 Å². The van der Waals surface area contributed by atoms with Crippen LogP contribution in [-0.2, 0) is 6.61 Å². The molecule has 0 aliphatic carbocycles. The van der Waals surface area contributed by atoms with Gasteiger partial charge >= 0.3 is 0 Å². The lowest BCUT2D eigenvalue weighted by molar-refractivity contribution is 0.190. The van der Waals surface area contributed by atoms with Gasteiger partial charge in [-0.25, -0.2) is 0 Å². The first kappa shape index (κ1) is 14.1. The molecule has 19 heavy (non-hydrogen) atoms. The van der Waals surface area contributed by atoms with Crippen molar-refractivity contribution < 1.29 is 14.4 Å². The van der Waals surface area contributed by atoms with Crippen molar-refractivity contribution in [3.05, 3.63) is 45.3 Å². The third-order valence-electron chi connectivity index (χ3n) is 2.98. The van der Waals surface area contributed by atoms with E-state index in [2.05, 4.69) is 21.1 Å². The number of hydrogen-bond acceptors (Lipinski definition) is 4. The lowest BCUT2D eigenvalue weighted by Crippen LogP contribution is -2.02. The first-order chi connectivity index (χ1) is 8.99. The third-order valence-corrected chi connectivity index (χ3v) is 3.47. The molecule has 1 atom stereocenters. The number of hydrogen-bond donors (Lipinski definition) is 1. The minimum atomic E-state index is -0.586. The van der Waals surface area contributed by atoms with Crippen LogP contribution in [0.15, 0.2) is 27.2 Å². The van der Waals surface area contributed by atoms with Crippen LogP contribution in [0.5, 0.6) is 5.75 Å². The summed E-state index contributed by atoms with van der Waals surface area (Å²) >= 11 is 3.39. The van der Waals surface area contributed by atoms with Crippen molar-refractivity contribution in [2.24, 2.45) is 0 Å². The highest BCUT2D eigenvalue weighted by Crippen LogP contribution is 2.29. The summed E-state index contributed by atoms with van der Waals surface area (Å²) in [4.78, 5) is 0. The monoisotopic (exact) mass is 325 g/mol. The van der Waals surface area contributed by atoms with Crippen LogP contribution in [0.2, 0.25) is 0 Å². The van der Waals surface area contributed by atoms with Crippen LogP contribution in [0.4, 0.5) is 0 Å². The summed E-state index contributed by atoms with van der Waals surface area (Å²) in [5.41, 5.74) is 2.52. The Hall–Kier alpha value is -1.33. The normalized spacial score (nSPS) is 12.5. The van der Waals surface area contributed by atoms with Gasteiger partial charge in [-0.05, 0) is 39.0 Å². The molecule has 0 radical (unpaired) electrons. The van der Waals surface area contributed by atoms with Crippen molar-refractivity contribution in [3.8, 4) is 5.75 Å². The molecule has 1 aromatic heterocycles. The van der Waals surface area contributed by atoms with Crippen LogP contribution in [0.25, 0.3) is 0 Å². The van der Waals surface area contributed by atoms with E-state index >= 15 is 0 Å². The minimum Gasteiger partial charge on any atom is -0.488 e. The summed E-state index contributed by atoms with van der Waals surface area (Å²) in [6, 6.07) is 5.58. The van der Waals surface area contributed by atoms with Gasteiger partial charge in [-0.1, -0.05) is 21.1 Å². The molecule has 0 unspecified atom stereocenters. The van der Waals surface area contributed by atoms with E-state index in [0.717, 1.165) is 27.1 Å². The maximum Gasteiger partial charge on any atom is 0.140 e. The Morgan fingerprint density at radius 2 is 2.16 bits per heavy atom. The van der Waals surface area contributed by atoms with Gasteiger partial charge in [0, 0.05) is 10.0 Å². The van der Waals surface area contributed by atoms with Crippen molar-refractivity contribution >= 4 is 15.9 Å². The lowest BCUT2D eigenvalue weighted by atomic mass is 10.1. The van der Waals surface area contributed by atoms with E-state index in [4.69, 9.17) is 9.26 Å². The van der Waals surface area contributed by atoms with Gasteiger partial charge in [-0.2, -0.15) is 0 Å². The van der Waals surface area contributed by atoms with E-state index in [-0.39, 0.29) is 0 Å². The van der Waals surface area contributed by atoms with E-state index in [0.29, 0.717) is 12.4 Å². The number of aliphatic hydroxyl groups is 1. The molecule has 0 fully saturated rings. The molecule has 102 valence electrons. The Labute approximate surface area is 120 Å².